The molecule has 1 aliphatic rings. The van der Waals surface area contributed by atoms with E-state index < -0.39 is 0 Å². The van der Waals surface area contributed by atoms with Crippen molar-refractivity contribution in [2.24, 2.45) is 0 Å². The van der Waals surface area contributed by atoms with Crippen molar-refractivity contribution in [2.75, 3.05) is 18.0 Å². The zero-order valence-corrected chi connectivity index (χ0v) is 12.2. The molecule has 18 heavy (non-hydrogen) atoms. The zero-order chi connectivity index (χ0) is 13.1. The van der Waals surface area contributed by atoms with Crippen LogP contribution in [0.15, 0.2) is 11.1 Å². The predicted octanol–water partition coefficient (Wildman–Crippen LogP) is 0.479. The van der Waals surface area contributed by atoms with Crippen LogP contribution in [0.2, 0.25) is 0 Å². The average molecular weight is 362 g/mol. The Kier molecular flexibility index (Phi) is 4.20. The third-order valence-electron chi connectivity index (χ3n) is 2.98. The molecule has 0 saturated carbocycles. The van der Waals surface area contributed by atoms with Gasteiger partial charge in [-0.3, -0.25) is 9.59 Å². The number of rotatable bonds is 2. The molecule has 0 radical (unpaired) electrons. The maximum atomic E-state index is 11.5. The lowest BCUT2D eigenvalue weighted by Gasteiger charge is -2.33. The molecule has 1 aromatic rings. The third-order valence-corrected chi connectivity index (χ3v) is 3.95. The molecule has 1 amide bonds. The van der Waals surface area contributed by atoms with Crippen LogP contribution in [0, 0.1) is 3.57 Å². The number of aromatic amines is 1. The lowest BCUT2D eigenvalue weighted by molar-refractivity contribution is -0.119. The number of amides is 1. The number of hydrogen-bond donors (Lipinski definition) is 2. The van der Waals surface area contributed by atoms with Gasteiger partial charge in [0.05, 0.1) is 6.33 Å². The number of nitrogens with one attached hydrogen (secondary N) is 2. The second kappa shape index (κ2) is 5.68. The predicted molar refractivity (Wildman–Crippen MR) is 76.6 cm³/mol. The summed E-state index contributed by atoms with van der Waals surface area (Å²) >= 11 is 2.01. The Labute approximate surface area is 118 Å². The van der Waals surface area contributed by atoms with E-state index in [1.165, 1.54) is 13.3 Å². The Morgan fingerprint density at radius 3 is 2.83 bits per heavy atom. The molecule has 1 saturated heterocycles. The minimum atomic E-state index is -0.107. The molecule has 7 heteroatoms. The monoisotopic (exact) mass is 362 g/mol. The Morgan fingerprint density at radius 1 is 1.56 bits per heavy atom. The Balaban J connectivity index is 2.03. The van der Waals surface area contributed by atoms with E-state index in [1.54, 1.807) is 0 Å². The van der Waals surface area contributed by atoms with Crippen molar-refractivity contribution >= 4 is 34.3 Å². The molecule has 1 fully saturated rings. The van der Waals surface area contributed by atoms with Gasteiger partial charge in [-0.1, -0.05) is 0 Å². The number of halogens is 1. The first kappa shape index (κ1) is 13.3. The molecule has 1 aromatic heterocycles. The Morgan fingerprint density at radius 2 is 2.22 bits per heavy atom. The van der Waals surface area contributed by atoms with Crippen molar-refractivity contribution in [3.05, 3.63) is 20.3 Å². The number of anilines is 1. The van der Waals surface area contributed by atoms with Crippen LogP contribution < -0.4 is 15.8 Å². The molecule has 0 aliphatic carbocycles. The smallest absolute Gasteiger partial charge is 0.266 e. The number of hydrogen-bond acceptors (Lipinski definition) is 4. The van der Waals surface area contributed by atoms with Crippen LogP contribution in [0.3, 0.4) is 0 Å². The number of piperidine rings is 1. The summed E-state index contributed by atoms with van der Waals surface area (Å²) in [4.78, 5) is 31.4. The van der Waals surface area contributed by atoms with Crippen molar-refractivity contribution in [2.45, 2.75) is 25.8 Å². The summed E-state index contributed by atoms with van der Waals surface area (Å²) in [7, 11) is 0. The number of H-pyrrole nitrogens is 1. The van der Waals surface area contributed by atoms with Gasteiger partial charge in [-0.05, 0) is 35.4 Å². The van der Waals surface area contributed by atoms with Gasteiger partial charge >= 0.3 is 0 Å². The van der Waals surface area contributed by atoms with Crippen LogP contribution >= 0.6 is 22.6 Å². The van der Waals surface area contributed by atoms with Gasteiger partial charge in [0.15, 0.2) is 0 Å². The first-order chi connectivity index (χ1) is 8.58. The lowest BCUT2D eigenvalue weighted by Crippen LogP contribution is -2.44. The summed E-state index contributed by atoms with van der Waals surface area (Å²) in [6.07, 6.45) is 3.19. The summed E-state index contributed by atoms with van der Waals surface area (Å²) in [6, 6.07) is 0.235. The second-order valence-corrected chi connectivity index (χ2v) is 5.41. The van der Waals surface area contributed by atoms with Gasteiger partial charge in [0.2, 0.25) is 5.91 Å². The van der Waals surface area contributed by atoms with Crippen LogP contribution in [-0.2, 0) is 4.79 Å². The molecule has 2 heterocycles. The van der Waals surface area contributed by atoms with Crippen molar-refractivity contribution in [3.8, 4) is 0 Å². The third kappa shape index (κ3) is 3.01. The van der Waals surface area contributed by atoms with Crippen molar-refractivity contribution < 1.29 is 4.79 Å². The second-order valence-electron chi connectivity index (χ2n) is 4.33. The van der Waals surface area contributed by atoms with Gasteiger partial charge in [-0.15, -0.1) is 0 Å². The molecule has 0 spiro atoms. The van der Waals surface area contributed by atoms with E-state index in [9.17, 15) is 9.59 Å². The summed E-state index contributed by atoms with van der Waals surface area (Å²) in [5, 5.41) is 2.92. The van der Waals surface area contributed by atoms with Gasteiger partial charge < -0.3 is 15.2 Å². The van der Waals surface area contributed by atoms with Gasteiger partial charge in [-0.2, -0.15) is 0 Å². The van der Waals surface area contributed by atoms with Gasteiger partial charge in [0.25, 0.3) is 5.56 Å². The van der Waals surface area contributed by atoms with Crippen molar-refractivity contribution in [1.82, 2.24) is 15.3 Å². The topological polar surface area (TPSA) is 78.1 Å². The molecule has 2 N–H and O–H groups in total. The van der Waals surface area contributed by atoms with E-state index in [4.69, 9.17) is 0 Å². The zero-order valence-electron chi connectivity index (χ0n) is 10.1. The van der Waals surface area contributed by atoms with E-state index in [-0.39, 0.29) is 17.5 Å². The summed E-state index contributed by atoms with van der Waals surface area (Å²) in [5.74, 6) is 0.748. The molecule has 0 bridgehead atoms. The highest BCUT2D eigenvalue weighted by Gasteiger charge is 2.22. The first-order valence-electron chi connectivity index (χ1n) is 5.83. The fourth-order valence-electron chi connectivity index (χ4n) is 2.12. The summed E-state index contributed by atoms with van der Waals surface area (Å²) in [5.41, 5.74) is -0.107. The Hall–Kier alpha value is -1.12. The molecule has 0 unspecified atom stereocenters. The maximum absolute atomic E-state index is 11.5. The van der Waals surface area contributed by atoms with Crippen molar-refractivity contribution in [1.29, 1.82) is 0 Å². The number of nitrogens with zero attached hydrogens (tertiary/aromatic N) is 2. The van der Waals surface area contributed by atoms with Crippen LogP contribution in [0.1, 0.15) is 19.8 Å². The fourth-order valence-corrected chi connectivity index (χ4v) is 2.75. The molecule has 1 aliphatic heterocycles. The maximum Gasteiger partial charge on any atom is 0.266 e. The number of carbonyl (C=O) groups excluding carboxylic acids is 1. The van der Waals surface area contributed by atoms with E-state index >= 15 is 0 Å². The first-order valence-corrected chi connectivity index (χ1v) is 6.91. The SMILES string of the molecule is CC(=O)NC1CCN(c2nc[nH]c(=O)c2I)CC1. The Bertz CT molecular complexity index is 494. The minimum absolute atomic E-state index is 0.0114. The highest BCUT2D eigenvalue weighted by Crippen LogP contribution is 2.20. The van der Waals surface area contributed by atoms with Crippen LogP contribution in [0.4, 0.5) is 5.82 Å². The van der Waals surface area contributed by atoms with Crippen LogP contribution in [0.5, 0.6) is 0 Å². The largest absolute Gasteiger partial charge is 0.355 e. The lowest BCUT2D eigenvalue weighted by atomic mass is 10.1. The van der Waals surface area contributed by atoms with E-state index in [0.29, 0.717) is 3.57 Å². The van der Waals surface area contributed by atoms with Gasteiger partial charge in [0, 0.05) is 26.1 Å². The van der Waals surface area contributed by atoms with E-state index in [1.807, 2.05) is 22.6 Å². The fraction of sp³-hybridized carbons (Fsp3) is 0.545. The molecular formula is C11H15IN4O2. The number of carbonyl (C=O) groups is 1. The summed E-state index contributed by atoms with van der Waals surface area (Å²) < 4.78 is 0.619. The minimum Gasteiger partial charge on any atom is -0.355 e. The van der Waals surface area contributed by atoms with Crippen LogP contribution in [0.25, 0.3) is 0 Å². The molecule has 98 valence electrons. The highest BCUT2D eigenvalue weighted by atomic mass is 127. The number of aromatic nitrogens is 2. The standard InChI is InChI=1S/C11H15IN4O2/c1-7(17)15-8-2-4-16(5-3-8)10-9(12)11(18)14-6-13-10/h6,8H,2-5H2,1H3,(H,15,17)(H,13,14,18). The normalized spacial score (nSPS) is 16.7. The van der Waals surface area contributed by atoms with Crippen LogP contribution in [-0.4, -0.2) is 35.0 Å². The van der Waals surface area contributed by atoms with E-state index in [2.05, 4.69) is 20.2 Å². The average Bonchev–Trinajstić information content (AvgIpc) is 2.33. The van der Waals surface area contributed by atoms with Gasteiger partial charge in [-0.25, -0.2) is 4.98 Å². The highest BCUT2D eigenvalue weighted by molar-refractivity contribution is 14.1. The molecule has 6 nitrogen and oxygen atoms in total. The van der Waals surface area contributed by atoms with Crippen molar-refractivity contribution in [3.63, 3.8) is 0 Å². The van der Waals surface area contributed by atoms with E-state index in [0.717, 1.165) is 31.7 Å². The molecule has 0 atom stereocenters. The quantitative estimate of drug-likeness (QED) is 0.751. The van der Waals surface area contributed by atoms with Gasteiger partial charge in [0.1, 0.15) is 9.39 Å². The molecular weight excluding hydrogens is 347 g/mol. The molecule has 2 rings (SSSR count). The summed E-state index contributed by atoms with van der Waals surface area (Å²) in [6.45, 7) is 3.14. The molecule has 0 aromatic carbocycles.